The van der Waals surface area contributed by atoms with E-state index in [1.807, 2.05) is 5.10 Å². The summed E-state index contributed by atoms with van der Waals surface area (Å²) in [6.45, 7) is 0. The van der Waals surface area contributed by atoms with Gasteiger partial charge < -0.3 is 0 Å². The van der Waals surface area contributed by atoms with Crippen molar-refractivity contribution in [2.45, 2.75) is 6.18 Å². The fourth-order valence-corrected chi connectivity index (χ4v) is 1.45. The van der Waals surface area contributed by atoms with Crippen LogP contribution in [-0.4, -0.2) is 9.78 Å². The van der Waals surface area contributed by atoms with Gasteiger partial charge in [-0.25, -0.2) is 4.68 Å². The number of rotatable bonds is 1. The summed E-state index contributed by atoms with van der Waals surface area (Å²) in [5, 5.41) is 2.43. The first-order valence-corrected chi connectivity index (χ1v) is 4.91. The van der Waals surface area contributed by atoms with Crippen LogP contribution < -0.4 is 5.56 Å². The van der Waals surface area contributed by atoms with E-state index in [2.05, 4.69) is 0 Å². The highest BCUT2D eigenvalue weighted by Gasteiger charge is 2.33. The number of halogens is 4. The molecule has 0 radical (unpaired) electrons. The number of benzene rings is 1. The van der Waals surface area contributed by atoms with Crippen LogP contribution >= 0.6 is 11.6 Å². The highest BCUT2D eigenvalue weighted by molar-refractivity contribution is 6.30. The minimum absolute atomic E-state index is 0.287. The van der Waals surface area contributed by atoms with Gasteiger partial charge in [0.15, 0.2) is 0 Å². The van der Waals surface area contributed by atoms with E-state index in [1.54, 1.807) is 0 Å². The monoisotopic (exact) mass is 262 g/mol. The first kappa shape index (κ1) is 11.8. The highest BCUT2D eigenvalue weighted by atomic mass is 35.5. The number of alkyl halides is 3. The third-order valence-electron chi connectivity index (χ3n) is 2.11. The molecule has 1 heterocycles. The molecule has 0 fully saturated rings. The third kappa shape index (κ3) is 2.36. The van der Waals surface area contributed by atoms with Crippen LogP contribution in [0.4, 0.5) is 13.2 Å². The molecule has 0 aliphatic heterocycles. The molecular weight excluding hydrogens is 257 g/mol. The Kier molecular flexibility index (Phi) is 2.74. The molecule has 0 atom stereocenters. The predicted molar refractivity (Wildman–Crippen MR) is 56.4 cm³/mol. The topological polar surface area (TPSA) is 37.8 Å². The summed E-state index contributed by atoms with van der Waals surface area (Å²) in [4.78, 5) is 11.4. The molecule has 2 aromatic rings. The lowest BCUT2D eigenvalue weighted by Crippen LogP contribution is -2.13. The van der Waals surface area contributed by atoms with Gasteiger partial charge in [-0.1, -0.05) is 11.6 Å². The SMILES string of the molecule is O=c1cc(C(F)(F)F)[nH]n1-c1ccc(Cl)cc1. The zero-order valence-electron chi connectivity index (χ0n) is 8.25. The van der Waals surface area contributed by atoms with E-state index in [0.29, 0.717) is 11.1 Å². The first-order valence-electron chi connectivity index (χ1n) is 4.53. The standard InChI is InChI=1S/C10H6ClF3N2O/c11-6-1-3-7(4-2-6)16-9(17)5-8(15-16)10(12,13)14/h1-5,15H. The van der Waals surface area contributed by atoms with Crippen molar-refractivity contribution in [3.05, 3.63) is 51.4 Å². The minimum Gasteiger partial charge on any atom is -0.286 e. The third-order valence-corrected chi connectivity index (χ3v) is 2.36. The second-order valence-electron chi connectivity index (χ2n) is 3.32. The molecule has 17 heavy (non-hydrogen) atoms. The molecule has 2 rings (SSSR count). The van der Waals surface area contributed by atoms with Gasteiger partial charge in [0.1, 0.15) is 5.69 Å². The smallest absolute Gasteiger partial charge is 0.286 e. The van der Waals surface area contributed by atoms with E-state index < -0.39 is 17.4 Å². The maximum Gasteiger partial charge on any atom is 0.432 e. The normalized spacial score (nSPS) is 11.8. The maximum absolute atomic E-state index is 12.4. The second-order valence-corrected chi connectivity index (χ2v) is 3.75. The van der Waals surface area contributed by atoms with E-state index in [4.69, 9.17) is 11.6 Å². The lowest BCUT2D eigenvalue weighted by atomic mass is 10.3. The number of nitrogens with zero attached hydrogens (tertiary/aromatic N) is 1. The fourth-order valence-electron chi connectivity index (χ4n) is 1.32. The number of aromatic amines is 1. The Balaban J connectivity index is 2.50. The number of nitrogens with one attached hydrogen (secondary N) is 1. The average Bonchev–Trinajstić information content (AvgIpc) is 2.61. The van der Waals surface area contributed by atoms with E-state index in [1.165, 1.54) is 24.3 Å². The number of H-pyrrole nitrogens is 1. The van der Waals surface area contributed by atoms with Crippen molar-refractivity contribution in [3.8, 4) is 5.69 Å². The zero-order valence-corrected chi connectivity index (χ0v) is 9.01. The Labute approximate surface area is 98.4 Å². The van der Waals surface area contributed by atoms with Crippen LogP contribution in [0.2, 0.25) is 5.02 Å². The molecule has 1 aromatic heterocycles. The van der Waals surface area contributed by atoms with Crippen LogP contribution in [-0.2, 0) is 6.18 Å². The van der Waals surface area contributed by atoms with Crippen LogP contribution in [0.15, 0.2) is 35.1 Å². The van der Waals surface area contributed by atoms with Crippen molar-refractivity contribution in [3.63, 3.8) is 0 Å². The number of hydrogen-bond acceptors (Lipinski definition) is 1. The van der Waals surface area contributed by atoms with Crippen LogP contribution in [0.1, 0.15) is 5.69 Å². The van der Waals surface area contributed by atoms with Gasteiger partial charge in [0, 0.05) is 11.1 Å². The van der Waals surface area contributed by atoms with Crippen LogP contribution in [0, 0.1) is 0 Å². The van der Waals surface area contributed by atoms with E-state index in [9.17, 15) is 18.0 Å². The molecule has 0 aliphatic rings. The Hall–Kier alpha value is -1.69. The summed E-state index contributed by atoms with van der Waals surface area (Å²) in [7, 11) is 0. The predicted octanol–water partition coefficient (Wildman–Crippen LogP) is 2.84. The van der Waals surface area contributed by atoms with Crippen LogP contribution in [0.3, 0.4) is 0 Å². The van der Waals surface area contributed by atoms with E-state index in [-0.39, 0.29) is 5.69 Å². The van der Waals surface area contributed by atoms with Gasteiger partial charge in [-0.3, -0.25) is 9.89 Å². The maximum atomic E-state index is 12.4. The summed E-state index contributed by atoms with van der Waals surface area (Å²) in [6, 6.07) is 6.37. The quantitative estimate of drug-likeness (QED) is 0.843. The summed E-state index contributed by atoms with van der Waals surface area (Å²) >= 11 is 5.64. The summed E-state index contributed by atoms with van der Waals surface area (Å²) in [6.07, 6.45) is -4.57. The molecule has 0 aliphatic carbocycles. The molecule has 7 heteroatoms. The van der Waals surface area contributed by atoms with Crippen LogP contribution in [0.5, 0.6) is 0 Å². The van der Waals surface area contributed by atoms with Gasteiger partial charge in [0.05, 0.1) is 5.69 Å². The van der Waals surface area contributed by atoms with Gasteiger partial charge >= 0.3 is 6.18 Å². The van der Waals surface area contributed by atoms with Gasteiger partial charge in [0.25, 0.3) is 5.56 Å². The molecule has 0 amide bonds. The summed E-state index contributed by atoms with van der Waals surface area (Å²) < 4.78 is 37.9. The average molecular weight is 263 g/mol. The fraction of sp³-hybridized carbons (Fsp3) is 0.100. The van der Waals surface area contributed by atoms with Crippen molar-refractivity contribution in [1.82, 2.24) is 9.78 Å². The summed E-state index contributed by atoms with van der Waals surface area (Å²) in [5.41, 5.74) is -1.58. The number of hydrogen-bond donors (Lipinski definition) is 1. The lowest BCUT2D eigenvalue weighted by molar-refractivity contribution is -0.141. The van der Waals surface area contributed by atoms with Gasteiger partial charge in [-0.2, -0.15) is 13.2 Å². The molecule has 1 aromatic carbocycles. The highest BCUT2D eigenvalue weighted by Crippen LogP contribution is 2.26. The van der Waals surface area contributed by atoms with E-state index >= 15 is 0 Å². The molecular formula is C10H6ClF3N2O. The molecule has 1 N–H and O–H groups in total. The lowest BCUT2D eigenvalue weighted by Gasteiger charge is -2.04. The minimum atomic E-state index is -4.57. The van der Waals surface area contributed by atoms with Crippen LogP contribution in [0.25, 0.3) is 5.69 Å². The second kappa shape index (κ2) is 3.96. The van der Waals surface area contributed by atoms with Gasteiger partial charge in [-0.05, 0) is 24.3 Å². The zero-order chi connectivity index (χ0) is 12.6. The van der Waals surface area contributed by atoms with Crippen molar-refractivity contribution < 1.29 is 13.2 Å². The van der Waals surface area contributed by atoms with Crippen molar-refractivity contribution in [2.24, 2.45) is 0 Å². The largest absolute Gasteiger partial charge is 0.432 e. The molecule has 3 nitrogen and oxygen atoms in total. The summed E-state index contributed by atoms with van der Waals surface area (Å²) in [5.74, 6) is 0. The van der Waals surface area contributed by atoms with Crippen molar-refractivity contribution in [1.29, 1.82) is 0 Å². The van der Waals surface area contributed by atoms with Gasteiger partial charge in [0.2, 0.25) is 0 Å². The Morgan fingerprint density at radius 1 is 1.18 bits per heavy atom. The van der Waals surface area contributed by atoms with E-state index in [0.717, 1.165) is 4.68 Å². The molecule has 90 valence electrons. The van der Waals surface area contributed by atoms with Crippen molar-refractivity contribution in [2.75, 3.05) is 0 Å². The molecule has 0 spiro atoms. The molecule has 0 unspecified atom stereocenters. The Morgan fingerprint density at radius 3 is 2.24 bits per heavy atom. The molecule has 0 saturated carbocycles. The Bertz CT molecular complexity index is 583. The Morgan fingerprint density at radius 2 is 1.76 bits per heavy atom. The first-order chi connectivity index (χ1) is 7.88. The molecule has 0 bridgehead atoms. The van der Waals surface area contributed by atoms with Crippen molar-refractivity contribution >= 4 is 11.6 Å². The number of aromatic nitrogens is 2. The molecule has 0 saturated heterocycles. The van der Waals surface area contributed by atoms with Gasteiger partial charge in [-0.15, -0.1) is 0 Å².